The number of carbonyl (C=O) groups excluding carboxylic acids is 1. The minimum atomic E-state index is -0.539. The van der Waals surface area contributed by atoms with Crippen LogP contribution in [0.5, 0.6) is 5.75 Å². The molecular formula is C18H22FN3O4. The number of hydrogen-bond acceptors (Lipinski definition) is 6. The molecule has 2 heterocycles. The SMILES string of the molecule is Cc1nc(-c2ccc(O[C@H]3CCN(C(=O)OC(C)(C)C)C3)cc2F)no1. The lowest BCUT2D eigenvalue weighted by atomic mass is 10.2. The van der Waals surface area contributed by atoms with Crippen LogP contribution >= 0.6 is 0 Å². The van der Waals surface area contributed by atoms with E-state index in [1.807, 2.05) is 20.8 Å². The Hall–Kier alpha value is -2.64. The van der Waals surface area contributed by atoms with Gasteiger partial charge in [0.1, 0.15) is 23.3 Å². The zero-order chi connectivity index (χ0) is 18.9. The molecule has 0 radical (unpaired) electrons. The molecule has 0 unspecified atom stereocenters. The molecule has 1 saturated heterocycles. The molecule has 1 amide bonds. The molecule has 8 heteroatoms. The van der Waals surface area contributed by atoms with Gasteiger partial charge in [-0.25, -0.2) is 9.18 Å². The molecule has 1 atom stereocenters. The molecule has 2 aromatic rings. The predicted octanol–water partition coefficient (Wildman–Crippen LogP) is 3.57. The van der Waals surface area contributed by atoms with Gasteiger partial charge in [-0.05, 0) is 32.9 Å². The Morgan fingerprint density at radius 1 is 1.38 bits per heavy atom. The van der Waals surface area contributed by atoms with Crippen LogP contribution in [-0.4, -0.2) is 45.9 Å². The molecule has 0 bridgehead atoms. The van der Waals surface area contributed by atoms with Crippen LogP contribution in [0.2, 0.25) is 0 Å². The van der Waals surface area contributed by atoms with Crippen LogP contribution in [0.25, 0.3) is 11.4 Å². The highest BCUT2D eigenvalue weighted by molar-refractivity contribution is 5.68. The highest BCUT2D eigenvalue weighted by atomic mass is 19.1. The summed E-state index contributed by atoms with van der Waals surface area (Å²) >= 11 is 0. The number of amides is 1. The molecule has 26 heavy (non-hydrogen) atoms. The maximum absolute atomic E-state index is 14.3. The lowest BCUT2D eigenvalue weighted by Crippen LogP contribution is -2.36. The number of rotatable bonds is 3. The summed E-state index contributed by atoms with van der Waals surface area (Å²) in [7, 11) is 0. The first-order valence-electron chi connectivity index (χ1n) is 8.46. The van der Waals surface area contributed by atoms with E-state index in [1.54, 1.807) is 24.0 Å². The summed E-state index contributed by atoms with van der Waals surface area (Å²) in [5.74, 6) is 0.462. The van der Waals surface area contributed by atoms with Crippen LogP contribution in [0.4, 0.5) is 9.18 Å². The van der Waals surface area contributed by atoms with Crippen molar-refractivity contribution in [3.8, 4) is 17.1 Å². The summed E-state index contributed by atoms with van der Waals surface area (Å²) in [5.41, 5.74) is -0.293. The first kappa shape index (κ1) is 18.2. The van der Waals surface area contributed by atoms with E-state index in [0.29, 0.717) is 31.2 Å². The molecule has 1 fully saturated rings. The van der Waals surface area contributed by atoms with E-state index in [1.165, 1.54) is 6.07 Å². The van der Waals surface area contributed by atoms with Crippen molar-refractivity contribution in [2.75, 3.05) is 13.1 Å². The third kappa shape index (κ3) is 4.30. The van der Waals surface area contributed by atoms with Gasteiger partial charge in [0, 0.05) is 26.0 Å². The van der Waals surface area contributed by atoms with E-state index < -0.39 is 11.4 Å². The van der Waals surface area contributed by atoms with Gasteiger partial charge in [-0.15, -0.1) is 0 Å². The van der Waals surface area contributed by atoms with Crippen molar-refractivity contribution < 1.29 is 23.2 Å². The van der Waals surface area contributed by atoms with Gasteiger partial charge in [-0.1, -0.05) is 5.16 Å². The monoisotopic (exact) mass is 363 g/mol. The van der Waals surface area contributed by atoms with Gasteiger partial charge in [0.05, 0.1) is 12.1 Å². The normalized spacial score (nSPS) is 17.4. The van der Waals surface area contributed by atoms with Crippen LogP contribution in [0.15, 0.2) is 22.7 Å². The lowest BCUT2D eigenvalue weighted by Gasteiger charge is -2.24. The first-order valence-corrected chi connectivity index (χ1v) is 8.46. The second-order valence-corrected chi connectivity index (χ2v) is 7.23. The standard InChI is InChI=1S/C18H22FN3O4/c1-11-20-16(21-26-11)14-6-5-12(9-15(14)19)24-13-7-8-22(10-13)17(23)25-18(2,3)4/h5-6,9,13H,7-8,10H2,1-4H3/t13-/m0/s1. The first-order chi connectivity index (χ1) is 12.2. The molecule has 0 N–H and O–H groups in total. The minimum Gasteiger partial charge on any atom is -0.488 e. The fraction of sp³-hybridized carbons (Fsp3) is 0.500. The second kappa shape index (κ2) is 6.93. The molecular weight excluding hydrogens is 341 g/mol. The predicted molar refractivity (Wildman–Crippen MR) is 91.3 cm³/mol. The molecule has 3 rings (SSSR count). The third-order valence-corrected chi connectivity index (χ3v) is 3.81. The van der Waals surface area contributed by atoms with E-state index in [2.05, 4.69) is 10.1 Å². The van der Waals surface area contributed by atoms with E-state index in [-0.39, 0.29) is 23.6 Å². The third-order valence-electron chi connectivity index (χ3n) is 3.81. The highest BCUT2D eigenvalue weighted by Crippen LogP contribution is 2.26. The summed E-state index contributed by atoms with van der Waals surface area (Å²) in [5, 5.41) is 3.71. The molecule has 1 aromatic heterocycles. The fourth-order valence-electron chi connectivity index (χ4n) is 2.67. The molecule has 1 aliphatic rings. The summed E-state index contributed by atoms with van der Waals surface area (Å²) in [6.45, 7) is 8.06. The summed E-state index contributed by atoms with van der Waals surface area (Å²) < 4.78 is 30.4. The van der Waals surface area contributed by atoms with E-state index in [9.17, 15) is 9.18 Å². The number of carbonyl (C=O) groups is 1. The Kier molecular flexibility index (Phi) is 4.84. The minimum absolute atomic E-state index is 0.198. The summed E-state index contributed by atoms with van der Waals surface area (Å²) in [4.78, 5) is 17.7. The highest BCUT2D eigenvalue weighted by Gasteiger charge is 2.31. The van der Waals surface area contributed by atoms with E-state index in [4.69, 9.17) is 14.0 Å². The number of halogens is 1. The molecule has 0 saturated carbocycles. The average molecular weight is 363 g/mol. The quantitative estimate of drug-likeness (QED) is 0.830. The Morgan fingerprint density at radius 3 is 2.77 bits per heavy atom. The summed E-state index contributed by atoms with van der Waals surface area (Å²) in [6.07, 6.45) is 0.0879. The molecule has 1 aromatic carbocycles. The van der Waals surface area contributed by atoms with Crippen LogP contribution in [0.3, 0.4) is 0 Å². The fourth-order valence-corrected chi connectivity index (χ4v) is 2.67. The molecule has 7 nitrogen and oxygen atoms in total. The number of hydrogen-bond donors (Lipinski definition) is 0. The second-order valence-electron chi connectivity index (χ2n) is 7.23. The van der Waals surface area contributed by atoms with Crippen LogP contribution < -0.4 is 4.74 Å². The Morgan fingerprint density at radius 2 is 2.15 bits per heavy atom. The van der Waals surface area contributed by atoms with Gasteiger partial charge in [-0.2, -0.15) is 4.98 Å². The van der Waals surface area contributed by atoms with Gasteiger partial charge in [0.2, 0.25) is 11.7 Å². The van der Waals surface area contributed by atoms with E-state index in [0.717, 1.165) is 0 Å². The number of nitrogens with zero attached hydrogens (tertiary/aromatic N) is 3. The maximum atomic E-state index is 14.3. The van der Waals surface area contributed by atoms with Crippen LogP contribution in [0.1, 0.15) is 33.1 Å². The zero-order valence-corrected chi connectivity index (χ0v) is 15.3. The largest absolute Gasteiger partial charge is 0.488 e. The Bertz CT molecular complexity index is 800. The number of ether oxygens (including phenoxy) is 2. The molecule has 0 spiro atoms. The van der Waals surface area contributed by atoms with Crippen molar-refractivity contribution in [2.45, 2.75) is 45.8 Å². The van der Waals surface area contributed by atoms with Gasteiger partial charge < -0.3 is 18.9 Å². The van der Waals surface area contributed by atoms with Gasteiger partial charge in [-0.3, -0.25) is 0 Å². The molecule has 0 aliphatic carbocycles. The number of aryl methyl sites for hydroxylation is 1. The Balaban J connectivity index is 1.62. The van der Waals surface area contributed by atoms with Crippen molar-refractivity contribution in [1.82, 2.24) is 15.0 Å². The molecule has 1 aliphatic heterocycles. The van der Waals surface area contributed by atoms with Gasteiger partial charge >= 0.3 is 6.09 Å². The van der Waals surface area contributed by atoms with Gasteiger partial charge in [0.15, 0.2) is 0 Å². The van der Waals surface area contributed by atoms with E-state index >= 15 is 0 Å². The van der Waals surface area contributed by atoms with Crippen molar-refractivity contribution in [2.24, 2.45) is 0 Å². The summed E-state index contributed by atoms with van der Waals surface area (Å²) in [6, 6.07) is 4.49. The van der Waals surface area contributed by atoms with Crippen LogP contribution in [0, 0.1) is 12.7 Å². The van der Waals surface area contributed by atoms with Crippen molar-refractivity contribution in [3.05, 3.63) is 29.9 Å². The smallest absolute Gasteiger partial charge is 0.410 e. The topological polar surface area (TPSA) is 77.7 Å². The van der Waals surface area contributed by atoms with Gasteiger partial charge in [0.25, 0.3) is 0 Å². The van der Waals surface area contributed by atoms with Crippen molar-refractivity contribution in [1.29, 1.82) is 0 Å². The van der Waals surface area contributed by atoms with Crippen molar-refractivity contribution in [3.63, 3.8) is 0 Å². The number of aromatic nitrogens is 2. The van der Waals surface area contributed by atoms with Crippen molar-refractivity contribution >= 4 is 6.09 Å². The lowest BCUT2D eigenvalue weighted by molar-refractivity contribution is 0.0275. The van der Waals surface area contributed by atoms with Crippen LogP contribution in [-0.2, 0) is 4.74 Å². The maximum Gasteiger partial charge on any atom is 0.410 e. The zero-order valence-electron chi connectivity index (χ0n) is 15.3. The number of benzene rings is 1. The number of likely N-dealkylation sites (tertiary alicyclic amines) is 1. The molecule has 140 valence electrons. The Labute approximate surface area is 151 Å². The average Bonchev–Trinajstić information content (AvgIpc) is 3.15.